The smallest absolute Gasteiger partial charge is 0.328 e. The molecule has 1 aromatic heterocycles. The van der Waals surface area contributed by atoms with Gasteiger partial charge in [-0.05, 0) is 25.2 Å². The van der Waals surface area contributed by atoms with Gasteiger partial charge in [0.1, 0.15) is 5.56 Å². The maximum Gasteiger partial charge on any atom is 0.328 e. The summed E-state index contributed by atoms with van der Waals surface area (Å²) >= 11 is 0. The Balaban J connectivity index is 1.76. The SMILES string of the molecule is C[C@@H]1CN(C(=O)c2cn(C)c(=O)[nH]c2=O)CC[C@@]1(O)C1CCOCC1. The number of carbonyl (C=O) groups excluding carboxylic acids is 1. The van der Waals surface area contributed by atoms with Crippen molar-refractivity contribution in [1.29, 1.82) is 0 Å². The summed E-state index contributed by atoms with van der Waals surface area (Å²) in [6, 6.07) is 0. The van der Waals surface area contributed by atoms with Crippen molar-refractivity contribution in [2.24, 2.45) is 18.9 Å². The number of aliphatic hydroxyl groups is 1. The quantitative estimate of drug-likeness (QED) is 0.762. The van der Waals surface area contributed by atoms with Crippen LogP contribution in [0.5, 0.6) is 0 Å². The number of H-pyrrole nitrogens is 1. The van der Waals surface area contributed by atoms with Crippen LogP contribution < -0.4 is 11.2 Å². The van der Waals surface area contributed by atoms with Crippen molar-refractivity contribution < 1.29 is 14.6 Å². The predicted molar refractivity (Wildman–Crippen MR) is 90.5 cm³/mol. The number of aryl methyl sites for hydroxylation is 1. The topological polar surface area (TPSA) is 105 Å². The minimum Gasteiger partial charge on any atom is -0.389 e. The molecule has 3 heterocycles. The van der Waals surface area contributed by atoms with E-state index >= 15 is 0 Å². The van der Waals surface area contributed by atoms with E-state index in [0.717, 1.165) is 12.8 Å². The van der Waals surface area contributed by atoms with Crippen molar-refractivity contribution in [3.8, 4) is 0 Å². The van der Waals surface area contributed by atoms with Crippen LogP contribution in [0.15, 0.2) is 15.8 Å². The maximum atomic E-state index is 12.7. The van der Waals surface area contributed by atoms with Crippen molar-refractivity contribution in [2.75, 3.05) is 26.3 Å². The van der Waals surface area contributed by atoms with E-state index < -0.39 is 22.8 Å². The first-order valence-electron chi connectivity index (χ1n) is 8.72. The van der Waals surface area contributed by atoms with Crippen LogP contribution in [0.25, 0.3) is 0 Å². The van der Waals surface area contributed by atoms with Gasteiger partial charge in [-0.1, -0.05) is 6.92 Å². The highest BCUT2D eigenvalue weighted by Gasteiger charge is 2.46. The fraction of sp³-hybridized carbons (Fsp3) is 0.706. The van der Waals surface area contributed by atoms with E-state index in [1.165, 1.54) is 17.8 Å². The second-order valence-electron chi connectivity index (χ2n) is 7.19. The molecule has 2 saturated heterocycles. The molecule has 2 atom stereocenters. The van der Waals surface area contributed by atoms with E-state index in [0.29, 0.717) is 32.7 Å². The number of rotatable bonds is 2. The van der Waals surface area contributed by atoms with Gasteiger partial charge in [-0.15, -0.1) is 0 Å². The van der Waals surface area contributed by atoms with E-state index in [1.807, 2.05) is 6.92 Å². The molecule has 2 aliphatic heterocycles. The lowest BCUT2D eigenvalue weighted by molar-refractivity contribution is -0.125. The third kappa shape index (κ3) is 3.28. The molecule has 3 rings (SSSR count). The summed E-state index contributed by atoms with van der Waals surface area (Å²) in [6.45, 7) is 4.04. The number of nitrogens with one attached hydrogen (secondary N) is 1. The zero-order valence-electron chi connectivity index (χ0n) is 14.7. The Morgan fingerprint density at radius 2 is 2.04 bits per heavy atom. The fourth-order valence-electron chi connectivity index (χ4n) is 4.02. The standard InChI is InChI=1S/C17H25N3O5/c1-11-9-20(6-5-17(11,24)12-3-7-25-8-4-12)15(22)13-10-19(2)16(23)18-14(13)21/h10-12,24H,3-9H2,1-2H3,(H,18,21,23)/t11-,17+/m1/s1. The van der Waals surface area contributed by atoms with Gasteiger partial charge in [0.2, 0.25) is 0 Å². The highest BCUT2D eigenvalue weighted by atomic mass is 16.5. The molecule has 8 heteroatoms. The Bertz CT molecular complexity index is 764. The van der Waals surface area contributed by atoms with Crippen LogP contribution in [-0.2, 0) is 11.8 Å². The molecule has 8 nitrogen and oxygen atoms in total. The molecule has 1 amide bonds. The minimum atomic E-state index is -0.809. The molecule has 0 saturated carbocycles. The number of hydrogen-bond donors (Lipinski definition) is 2. The van der Waals surface area contributed by atoms with Crippen LogP contribution in [0.1, 0.15) is 36.5 Å². The Kier molecular flexibility index (Phi) is 4.83. The summed E-state index contributed by atoms with van der Waals surface area (Å²) in [6.07, 6.45) is 3.41. The van der Waals surface area contributed by atoms with Crippen molar-refractivity contribution in [1.82, 2.24) is 14.5 Å². The summed E-state index contributed by atoms with van der Waals surface area (Å²) in [5, 5.41) is 11.2. The van der Waals surface area contributed by atoms with Gasteiger partial charge >= 0.3 is 5.69 Å². The van der Waals surface area contributed by atoms with E-state index in [9.17, 15) is 19.5 Å². The summed E-state index contributed by atoms with van der Waals surface area (Å²) < 4.78 is 6.56. The lowest BCUT2D eigenvalue weighted by atomic mass is 9.70. The summed E-state index contributed by atoms with van der Waals surface area (Å²) in [4.78, 5) is 39.8. The second-order valence-corrected chi connectivity index (χ2v) is 7.19. The first-order valence-corrected chi connectivity index (χ1v) is 8.72. The van der Waals surface area contributed by atoms with E-state index in [4.69, 9.17) is 4.74 Å². The largest absolute Gasteiger partial charge is 0.389 e. The van der Waals surface area contributed by atoms with Crippen LogP contribution >= 0.6 is 0 Å². The highest BCUT2D eigenvalue weighted by molar-refractivity contribution is 5.93. The Labute approximate surface area is 145 Å². The third-order valence-corrected chi connectivity index (χ3v) is 5.68. The molecule has 2 fully saturated rings. The average molecular weight is 351 g/mol. The molecule has 0 aromatic carbocycles. The first kappa shape index (κ1) is 17.9. The van der Waals surface area contributed by atoms with Gasteiger partial charge in [0.05, 0.1) is 5.60 Å². The lowest BCUT2D eigenvalue weighted by Gasteiger charge is -2.48. The van der Waals surface area contributed by atoms with E-state index in [2.05, 4.69) is 4.98 Å². The van der Waals surface area contributed by atoms with Gasteiger partial charge in [-0.25, -0.2) is 4.79 Å². The normalized spacial score (nSPS) is 28.1. The fourth-order valence-corrected chi connectivity index (χ4v) is 4.02. The molecule has 138 valence electrons. The summed E-state index contributed by atoms with van der Waals surface area (Å²) in [7, 11) is 1.48. The molecular formula is C17H25N3O5. The number of likely N-dealkylation sites (tertiary alicyclic amines) is 1. The third-order valence-electron chi connectivity index (χ3n) is 5.68. The van der Waals surface area contributed by atoms with Crippen molar-refractivity contribution >= 4 is 5.91 Å². The maximum absolute atomic E-state index is 12.7. The molecule has 2 aliphatic rings. The molecular weight excluding hydrogens is 326 g/mol. The van der Waals surface area contributed by atoms with Crippen molar-refractivity contribution in [3.63, 3.8) is 0 Å². The number of amides is 1. The molecule has 0 aliphatic carbocycles. The van der Waals surface area contributed by atoms with Crippen LogP contribution in [-0.4, -0.2) is 57.4 Å². The van der Waals surface area contributed by atoms with Gasteiger partial charge < -0.3 is 19.3 Å². The molecule has 0 radical (unpaired) electrons. The van der Waals surface area contributed by atoms with Gasteiger partial charge in [-0.2, -0.15) is 0 Å². The molecule has 0 unspecified atom stereocenters. The monoisotopic (exact) mass is 351 g/mol. The van der Waals surface area contributed by atoms with Crippen molar-refractivity contribution in [3.05, 3.63) is 32.6 Å². The lowest BCUT2D eigenvalue weighted by Crippen LogP contribution is -2.57. The number of carbonyl (C=O) groups is 1. The van der Waals surface area contributed by atoms with Crippen molar-refractivity contribution in [2.45, 2.75) is 31.8 Å². The highest BCUT2D eigenvalue weighted by Crippen LogP contribution is 2.39. The van der Waals surface area contributed by atoms with Gasteiger partial charge in [0.25, 0.3) is 11.5 Å². The number of aromatic amines is 1. The van der Waals surface area contributed by atoms with E-state index in [-0.39, 0.29) is 17.4 Å². The Morgan fingerprint density at radius 1 is 1.36 bits per heavy atom. The summed E-state index contributed by atoms with van der Waals surface area (Å²) in [5.74, 6) is -0.327. The average Bonchev–Trinajstić information content (AvgIpc) is 2.61. The minimum absolute atomic E-state index is 0.0502. The first-order chi connectivity index (χ1) is 11.8. The van der Waals surface area contributed by atoms with Crippen LogP contribution in [0.2, 0.25) is 0 Å². The number of ether oxygens (including phenoxy) is 1. The van der Waals surface area contributed by atoms with Gasteiger partial charge in [0.15, 0.2) is 0 Å². The summed E-state index contributed by atoms with van der Waals surface area (Å²) in [5.41, 5.74) is -2.09. The van der Waals surface area contributed by atoms with Crippen LogP contribution in [0.4, 0.5) is 0 Å². The zero-order chi connectivity index (χ0) is 18.2. The number of hydrogen-bond acceptors (Lipinski definition) is 5. The Hall–Kier alpha value is -1.93. The number of piperidine rings is 1. The zero-order valence-corrected chi connectivity index (χ0v) is 14.7. The molecule has 25 heavy (non-hydrogen) atoms. The Morgan fingerprint density at radius 3 is 2.68 bits per heavy atom. The molecule has 2 N–H and O–H groups in total. The van der Waals surface area contributed by atoms with Crippen LogP contribution in [0, 0.1) is 11.8 Å². The number of aromatic nitrogens is 2. The molecule has 0 bridgehead atoms. The number of nitrogens with zero attached hydrogens (tertiary/aromatic N) is 2. The predicted octanol–water partition coefficient (Wildman–Crippen LogP) is -0.287. The second kappa shape index (κ2) is 6.76. The molecule has 0 spiro atoms. The van der Waals surface area contributed by atoms with Gasteiger partial charge in [-0.3, -0.25) is 14.6 Å². The van der Waals surface area contributed by atoms with E-state index in [1.54, 1.807) is 4.90 Å². The van der Waals surface area contributed by atoms with Crippen LogP contribution in [0.3, 0.4) is 0 Å². The molecule has 1 aromatic rings. The van der Waals surface area contributed by atoms with Gasteiger partial charge in [0, 0.05) is 45.5 Å².